The molecule has 2 rings (SSSR count). The standard InChI is InChI=1S/C11H9BrN2O3/c1-7-2-10(17-14-7)6-16-11(15)8-3-9(12)5-13-4-8/h2-5H,6H2,1H3. The van der Waals surface area contributed by atoms with Crippen molar-refractivity contribution >= 4 is 21.9 Å². The minimum atomic E-state index is -0.451. The Kier molecular flexibility index (Phi) is 3.53. The molecule has 0 fully saturated rings. The summed E-state index contributed by atoms with van der Waals surface area (Å²) in [6, 6.07) is 3.35. The quantitative estimate of drug-likeness (QED) is 0.814. The molecule has 0 bridgehead atoms. The largest absolute Gasteiger partial charge is 0.454 e. The van der Waals surface area contributed by atoms with Crippen molar-refractivity contribution in [3.8, 4) is 0 Å². The maximum absolute atomic E-state index is 11.6. The Morgan fingerprint density at radius 1 is 1.47 bits per heavy atom. The predicted octanol–water partition coefficient (Wildman–Crippen LogP) is 2.50. The molecule has 0 saturated carbocycles. The highest BCUT2D eigenvalue weighted by Crippen LogP contribution is 2.11. The van der Waals surface area contributed by atoms with Crippen molar-refractivity contribution < 1.29 is 14.1 Å². The minimum Gasteiger partial charge on any atom is -0.454 e. The van der Waals surface area contributed by atoms with Gasteiger partial charge in [0.15, 0.2) is 12.4 Å². The highest BCUT2D eigenvalue weighted by Gasteiger charge is 2.10. The van der Waals surface area contributed by atoms with Crippen LogP contribution in [-0.4, -0.2) is 16.1 Å². The third-order valence-electron chi connectivity index (χ3n) is 1.96. The molecule has 88 valence electrons. The molecule has 0 unspecified atom stereocenters. The van der Waals surface area contributed by atoms with E-state index in [1.54, 1.807) is 25.3 Å². The first-order valence-corrected chi connectivity index (χ1v) is 5.64. The summed E-state index contributed by atoms with van der Waals surface area (Å²) in [6.07, 6.45) is 3.04. The van der Waals surface area contributed by atoms with Crippen molar-refractivity contribution in [2.24, 2.45) is 0 Å². The zero-order valence-electron chi connectivity index (χ0n) is 9.01. The average Bonchev–Trinajstić information content (AvgIpc) is 2.72. The summed E-state index contributed by atoms with van der Waals surface area (Å²) in [6.45, 7) is 1.86. The summed E-state index contributed by atoms with van der Waals surface area (Å²) >= 11 is 3.23. The van der Waals surface area contributed by atoms with Gasteiger partial charge in [-0.1, -0.05) is 5.16 Å². The first-order chi connectivity index (χ1) is 8.15. The van der Waals surface area contributed by atoms with Crippen LogP contribution in [0.2, 0.25) is 0 Å². The van der Waals surface area contributed by atoms with Gasteiger partial charge in [-0.3, -0.25) is 4.98 Å². The Labute approximate surface area is 106 Å². The van der Waals surface area contributed by atoms with E-state index in [0.717, 1.165) is 10.2 Å². The molecule has 17 heavy (non-hydrogen) atoms. The molecule has 0 amide bonds. The second-order valence-corrected chi connectivity index (χ2v) is 4.32. The van der Waals surface area contributed by atoms with Gasteiger partial charge >= 0.3 is 5.97 Å². The zero-order chi connectivity index (χ0) is 12.3. The van der Waals surface area contributed by atoms with Crippen molar-refractivity contribution in [1.29, 1.82) is 0 Å². The molecule has 5 nitrogen and oxygen atoms in total. The van der Waals surface area contributed by atoms with Crippen molar-refractivity contribution in [3.63, 3.8) is 0 Å². The molecule has 2 aromatic rings. The maximum Gasteiger partial charge on any atom is 0.340 e. The Morgan fingerprint density at radius 2 is 2.29 bits per heavy atom. The SMILES string of the molecule is Cc1cc(COC(=O)c2cncc(Br)c2)on1. The topological polar surface area (TPSA) is 65.2 Å². The number of hydrogen-bond acceptors (Lipinski definition) is 5. The lowest BCUT2D eigenvalue weighted by molar-refractivity contribution is 0.0437. The van der Waals surface area contributed by atoms with Crippen molar-refractivity contribution in [1.82, 2.24) is 10.1 Å². The van der Waals surface area contributed by atoms with Crippen LogP contribution in [0.25, 0.3) is 0 Å². The Hall–Kier alpha value is -1.69. The van der Waals surface area contributed by atoms with Gasteiger partial charge in [-0.2, -0.15) is 0 Å². The number of rotatable bonds is 3. The summed E-state index contributed by atoms with van der Waals surface area (Å²) < 4.78 is 10.7. The van der Waals surface area contributed by atoms with E-state index in [9.17, 15) is 4.79 Å². The summed E-state index contributed by atoms with van der Waals surface area (Å²) in [7, 11) is 0. The normalized spacial score (nSPS) is 10.2. The van der Waals surface area contributed by atoms with Gasteiger partial charge in [-0.05, 0) is 28.9 Å². The lowest BCUT2D eigenvalue weighted by Gasteiger charge is -2.01. The molecule has 0 aromatic carbocycles. The number of ether oxygens (including phenoxy) is 1. The van der Waals surface area contributed by atoms with E-state index in [4.69, 9.17) is 9.26 Å². The first-order valence-electron chi connectivity index (χ1n) is 4.85. The van der Waals surface area contributed by atoms with Crippen LogP contribution in [-0.2, 0) is 11.3 Å². The Balaban J connectivity index is 1.98. The molecule has 0 radical (unpaired) electrons. The van der Waals surface area contributed by atoms with E-state index in [1.807, 2.05) is 0 Å². The van der Waals surface area contributed by atoms with E-state index in [-0.39, 0.29) is 6.61 Å². The van der Waals surface area contributed by atoms with Gasteiger partial charge in [0.1, 0.15) is 0 Å². The highest BCUT2D eigenvalue weighted by molar-refractivity contribution is 9.10. The van der Waals surface area contributed by atoms with Gasteiger partial charge in [0.25, 0.3) is 0 Å². The van der Waals surface area contributed by atoms with Gasteiger partial charge in [0, 0.05) is 22.9 Å². The van der Waals surface area contributed by atoms with Crippen LogP contribution in [0.5, 0.6) is 0 Å². The number of carbonyl (C=O) groups excluding carboxylic acids is 1. The van der Waals surface area contributed by atoms with E-state index in [0.29, 0.717) is 11.3 Å². The smallest absolute Gasteiger partial charge is 0.340 e. The summed E-state index contributed by atoms with van der Waals surface area (Å²) in [4.78, 5) is 15.5. The fourth-order valence-electron chi connectivity index (χ4n) is 1.23. The van der Waals surface area contributed by atoms with Crippen LogP contribution in [0.15, 0.2) is 33.5 Å². The van der Waals surface area contributed by atoms with Gasteiger partial charge in [0.05, 0.1) is 11.3 Å². The van der Waals surface area contributed by atoms with E-state index >= 15 is 0 Å². The Bertz CT molecular complexity index is 539. The molecular weight excluding hydrogens is 288 g/mol. The van der Waals surface area contributed by atoms with Gasteiger partial charge in [-0.25, -0.2) is 4.79 Å². The molecule has 0 atom stereocenters. The third kappa shape index (κ3) is 3.13. The molecule has 0 saturated heterocycles. The van der Waals surface area contributed by atoms with Crippen LogP contribution in [0, 0.1) is 6.92 Å². The number of nitrogens with zero attached hydrogens (tertiary/aromatic N) is 2. The summed E-state index contributed by atoms with van der Waals surface area (Å²) in [5.41, 5.74) is 1.13. The van der Waals surface area contributed by atoms with Crippen molar-refractivity contribution in [2.75, 3.05) is 0 Å². The number of hydrogen-bond donors (Lipinski definition) is 0. The van der Waals surface area contributed by atoms with Crippen LogP contribution in [0.1, 0.15) is 21.8 Å². The molecular formula is C11H9BrN2O3. The van der Waals surface area contributed by atoms with Crippen LogP contribution in [0.4, 0.5) is 0 Å². The molecule has 0 aliphatic rings. The number of aromatic nitrogens is 2. The van der Waals surface area contributed by atoms with Crippen molar-refractivity contribution in [3.05, 3.63) is 46.0 Å². The molecule has 0 N–H and O–H groups in total. The number of esters is 1. The number of pyridine rings is 1. The van der Waals surface area contributed by atoms with Crippen LogP contribution < -0.4 is 0 Å². The van der Waals surface area contributed by atoms with Gasteiger partial charge < -0.3 is 9.26 Å². The molecule has 2 aromatic heterocycles. The monoisotopic (exact) mass is 296 g/mol. The summed E-state index contributed by atoms with van der Waals surface area (Å²) in [5.74, 6) is 0.0617. The third-order valence-corrected chi connectivity index (χ3v) is 2.40. The Morgan fingerprint density at radius 3 is 2.94 bits per heavy atom. The fourth-order valence-corrected chi connectivity index (χ4v) is 1.59. The van der Waals surface area contributed by atoms with Crippen LogP contribution in [0.3, 0.4) is 0 Å². The number of aryl methyl sites for hydroxylation is 1. The van der Waals surface area contributed by atoms with E-state index in [1.165, 1.54) is 6.20 Å². The minimum absolute atomic E-state index is 0.0617. The summed E-state index contributed by atoms with van der Waals surface area (Å²) in [5, 5.41) is 3.70. The molecule has 6 heteroatoms. The van der Waals surface area contributed by atoms with Crippen molar-refractivity contribution in [2.45, 2.75) is 13.5 Å². The zero-order valence-corrected chi connectivity index (χ0v) is 10.6. The first kappa shape index (κ1) is 11.8. The molecule has 2 heterocycles. The number of halogens is 1. The lowest BCUT2D eigenvalue weighted by atomic mass is 10.3. The van der Waals surface area contributed by atoms with Gasteiger partial charge in [0.2, 0.25) is 0 Å². The number of carbonyl (C=O) groups is 1. The maximum atomic E-state index is 11.6. The average molecular weight is 297 g/mol. The second-order valence-electron chi connectivity index (χ2n) is 3.40. The second kappa shape index (κ2) is 5.09. The van der Waals surface area contributed by atoms with E-state index < -0.39 is 5.97 Å². The molecule has 0 spiro atoms. The van der Waals surface area contributed by atoms with E-state index in [2.05, 4.69) is 26.1 Å². The van der Waals surface area contributed by atoms with Gasteiger partial charge in [-0.15, -0.1) is 0 Å². The fraction of sp³-hybridized carbons (Fsp3) is 0.182. The molecule has 0 aliphatic heterocycles. The highest BCUT2D eigenvalue weighted by atomic mass is 79.9. The lowest BCUT2D eigenvalue weighted by Crippen LogP contribution is -2.05. The van der Waals surface area contributed by atoms with Crippen LogP contribution >= 0.6 is 15.9 Å². The molecule has 0 aliphatic carbocycles. The predicted molar refractivity (Wildman–Crippen MR) is 62.3 cm³/mol.